The molecule has 23 heavy (non-hydrogen) atoms. The summed E-state index contributed by atoms with van der Waals surface area (Å²) in [5, 5.41) is 0.458. The van der Waals surface area contributed by atoms with Crippen LogP contribution in [0, 0.1) is 11.6 Å². The first-order valence-corrected chi connectivity index (χ1v) is 8.94. The summed E-state index contributed by atoms with van der Waals surface area (Å²) in [6, 6.07) is 8.92. The fourth-order valence-electron chi connectivity index (χ4n) is 2.89. The second kappa shape index (κ2) is 6.19. The molecule has 1 unspecified atom stereocenters. The van der Waals surface area contributed by atoms with Crippen LogP contribution < -0.4 is 0 Å². The third kappa shape index (κ3) is 2.98. The van der Waals surface area contributed by atoms with Gasteiger partial charge in [-0.15, -0.1) is 0 Å². The fraction of sp³-hybridized carbons (Fsp3) is 0.250. The van der Waals surface area contributed by atoms with E-state index in [1.165, 1.54) is 4.31 Å². The highest BCUT2D eigenvalue weighted by Gasteiger charge is 2.38. The Balaban J connectivity index is 2.05. The summed E-state index contributed by atoms with van der Waals surface area (Å²) < 4.78 is 54.1. The highest BCUT2D eigenvalue weighted by molar-refractivity contribution is 7.89. The molecule has 122 valence electrons. The van der Waals surface area contributed by atoms with E-state index in [9.17, 15) is 17.2 Å². The van der Waals surface area contributed by atoms with E-state index in [0.717, 1.165) is 12.1 Å². The van der Waals surface area contributed by atoms with Crippen LogP contribution in [0.2, 0.25) is 5.02 Å². The van der Waals surface area contributed by atoms with Crippen LogP contribution in [0.5, 0.6) is 0 Å². The largest absolute Gasteiger partial charge is 0.246 e. The van der Waals surface area contributed by atoms with Gasteiger partial charge in [0.15, 0.2) is 0 Å². The molecule has 0 saturated carbocycles. The fourth-order valence-corrected chi connectivity index (χ4v) is 4.90. The minimum atomic E-state index is -4.15. The van der Waals surface area contributed by atoms with Crippen molar-refractivity contribution >= 4 is 21.6 Å². The van der Waals surface area contributed by atoms with Crippen molar-refractivity contribution in [1.29, 1.82) is 0 Å². The van der Waals surface area contributed by atoms with Gasteiger partial charge in [0.1, 0.15) is 16.5 Å². The van der Waals surface area contributed by atoms with Crippen molar-refractivity contribution in [2.24, 2.45) is 0 Å². The van der Waals surface area contributed by atoms with Crippen molar-refractivity contribution in [2.45, 2.75) is 23.8 Å². The molecule has 1 saturated heterocycles. The summed E-state index contributed by atoms with van der Waals surface area (Å²) in [4.78, 5) is -0.642. The molecule has 0 radical (unpaired) electrons. The average molecular weight is 358 g/mol. The molecule has 3 nitrogen and oxygen atoms in total. The Morgan fingerprint density at radius 3 is 2.61 bits per heavy atom. The van der Waals surface area contributed by atoms with Crippen molar-refractivity contribution < 1.29 is 17.2 Å². The lowest BCUT2D eigenvalue weighted by Gasteiger charge is -2.25. The van der Waals surface area contributed by atoms with E-state index in [2.05, 4.69) is 0 Å². The normalized spacial score (nSPS) is 19.2. The van der Waals surface area contributed by atoms with Crippen LogP contribution in [0.1, 0.15) is 24.4 Å². The van der Waals surface area contributed by atoms with Gasteiger partial charge in [0, 0.05) is 11.6 Å². The average Bonchev–Trinajstić information content (AvgIpc) is 3.00. The zero-order valence-corrected chi connectivity index (χ0v) is 13.6. The molecule has 0 aliphatic carbocycles. The summed E-state index contributed by atoms with van der Waals surface area (Å²) in [5.74, 6) is -1.75. The minimum absolute atomic E-state index is 0.244. The van der Waals surface area contributed by atoms with Crippen molar-refractivity contribution in [3.05, 3.63) is 64.7 Å². The van der Waals surface area contributed by atoms with Crippen LogP contribution >= 0.6 is 11.6 Å². The molecule has 2 aromatic carbocycles. The Labute approximate surface area is 138 Å². The van der Waals surface area contributed by atoms with Crippen LogP contribution in [0.25, 0.3) is 0 Å². The molecule has 0 bridgehead atoms. The maximum atomic E-state index is 13.9. The smallest absolute Gasteiger partial charge is 0.207 e. The lowest BCUT2D eigenvalue weighted by atomic mass is 10.1. The van der Waals surface area contributed by atoms with Crippen molar-refractivity contribution in [3.63, 3.8) is 0 Å². The van der Waals surface area contributed by atoms with Crippen LogP contribution in [-0.4, -0.2) is 19.3 Å². The van der Waals surface area contributed by atoms with Crippen LogP contribution in [0.4, 0.5) is 8.78 Å². The maximum absolute atomic E-state index is 13.9. The molecule has 1 fully saturated rings. The second-order valence-electron chi connectivity index (χ2n) is 5.37. The Kier molecular flexibility index (Phi) is 4.40. The van der Waals surface area contributed by atoms with Gasteiger partial charge in [-0.25, -0.2) is 17.2 Å². The number of sulfonamides is 1. The predicted molar refractivity (Wildman–Crippen MR) is 83.7 cm³/mol. The van der Waals surface area contributed by atoms with Gasteiger partial charge in [-0.2, -0.15) is 4.31 Å². The van der Waals surface area contributed by atoms with E-state index >= 15 is 0 Å². The van der Waals surface area contributed by atoms with Crippen LogP contribution in [0.15, 0.2) is 47.4 Å². The number of rotatable bonds is 3. The highest BCUT2D eigenvalue weighted by atomic mass is 35.5. The van der Waals surface area contributed by atoms with Crippen LogP contribution in [0.3, 0.4) is 0 Å². The molecule has 1 aliphatic rings. The number of nitrogens with zero attached hydrogens (tertiary/aromatic N) is 1. The predicted octanol–water partition coefficient (Wildman–Crippen LogP) is 4.14. The van der Waals surface area contributed by atoms with E-state index in [1.807, 2.05) is 0 Å². The lowest BCUT2D eigenvalue weighted by molar-refractivity contribution is 0.393. The molecule has 0 spiro atoms. The van der Waals surface area contributed by atoms with Gasteiger partial charge in [0.05, 0.1) is 6.04 Å². The summed E-state index contributed by atoms with van der Waals surface area (Å²) in [6.45, 7) is 0.244. The van der Waals surface area contributed by atoms with Gasteiger partial charge in [-0.1, -0.05) is 29.8 Å². The molecule has 0 amide bonds. The number of hydrogen-bond acceptors (Lipinski definition) is 2. The van der Waals surface area contributed by atoms with E-state index in [-0.39, 0.29) is 6.54 Å². The zero-order chi connectivity index (χ0) is 16.6. The van der Waals surface area contributed by atoms with Crippen molar-refractivity contribution in [2.75, 3.05) is 6.54 Å². The first-order chi connectivity index (χ1) is 10.9. The number of hydrogen-bond donors (Lipinski definition) is 0. The quantitative estimate of drug-likeness (QED) is 0.827. The molecule has 3 rings (SSSR count). The standard InChI is InChI=1S/C16H14ClF2NO2S/c17-13-5-2-1-4-12(13)15-6-3-9-20(15)23(21,22)16-10-11(18)7-8-14(16)19/h1-2,4-5,7-8,10,15H,3,6,9H2. The molecule has 1 heterocycles. The van der Waals surface area contributed by atoms with Gasteiger partial charge < -0.3 is 0 Å². The monoisotopic (exact) mass is 357 g/mol. The minimum Gasteiger partial charge on any atom is -0.207 e. The Morgan fingerprint density at radius 1 is 1.13 bits per heavy atom. The van der Waals surface area contributed by atoms with Gasteiger partial charge >= 0.3 is 0 Å². The maximum Gasteiger partial charge on any atom is 0.246 e. The summed E-state index contributed by atoms with van der Waals surface area (Å²) in [7, 11) is -4.15. The molecule has 0 aromatic heterocycles. The summed E-state index contributed by atoms with van der Waals surface area (Å²) in [5.41, 5.74) is 0.673. The molecule has 1 aliphatic heterocycles. The Bertz CT molecular complexity index is 842. The highest BCUT2D eigenvalue weighted by Crippen LogP contribution is 2.39. The van der Waals surface area contributed by atoms with E-state index in [1.54, 1.807) is 24.3 Å². The SMILES string of the molecule is O=S(=O)(c1cc(F)ccc1F)N1CCCC1c1ccccc1Cl. The first kappa shape index (κ1) is 16.4. The third-order valence-electron chi connectivity index (χ3n) is 3.95. The molecular formula is C16H14ClF2NO2S. The van der Waals surface area contributed by atoms with Crippen LogP contribution in [-0.2, 0) is 10.0 Å². The summed E-state index contributed by atoms with van der Waals surface area (Å²) in [6.07, 6.45) is 1.21. The molecule has 2 aromatic rings. The summed E-state index contributed by atoms with van der Waals surface area (Å²) >= 11 is 6.17. The van der Waals surface area contributed by atoms with E-state index in [0.29, 0.717) is 29.5 Å². The van der Waals surface area contributed by atoms with Crippen molar-refractivity contribution in [1.82, 2.24) is 4.31 Å². The Morgan fingerprint density at radius 2 is 1.87 bits per heavy atom. The molecule has 0 N–H and O–H groups in total. The van der Waals surface area contributed by atoms with Crippen molar-refractivity contribution in [3.8, 4) is 0 Å². The zero-order valence-electron chi connectivity index (χ0n) is 12.0. The molecule has 7 heteroatoms. The first-order valence-electron chi connectivity index (χ1n) is 7.12. The van der Waals surface area contributed by atoms with E-state index in [4.69, 9.17) is 11.6 Å². The van der Waals surface area contributed by atoms with Gasteiger partial charge in [0.2, 0.25) is 10.0 Å². The second-order valence-corrected chi connectivity index (χ2v) is 7.64. The lowest BCUT2D eigenvalue weighted by Crippen LogP contribution is -2.31. The van der Waals surface area contributed by atoms with Gasteiger partial charge in [0.25, 0.3) is 0 Å². The number of halogens is 3. The Hall–Kier alpha value is -1.50. The topological polar surface area (TPSA) is 37.4 Å². The van der Waals surface area contributed by atoms with Gasteiger partial charge in [-0.3, -0.25) is 0 Å². The number of benzene rings is 2. The van der Waals surface area contributed by atoms with E-state index < -0.39 is 32.6 Å². The van der Waals surface area contributed by atoms with Gasteiger partial charge in [-0.05, 0) is 42.7 Å². The third-order valence-corrected chi connectivity index (χ3v) is 6.22. The molecular weight excluding hydrogens is 344 g/mol. The molecule has 1 atom stereocenters.